The zero-order valence-corrected chi connectivity index (χ0v) is 17.2. The standard InChI is InChI=1S/C20H29ClN2O5/c1-3-9-20(15-6-4-8-17(21)13-15,28-12-10-22-18(24)27-2)16-7-5-11-23(14-16)19(25)26/h4,6,8,13,16H,3,5,7,9-12,14H2,1-2H3,(H,22,24)(H,25,26)/t16?,20-/m0/s1. The number of benzene rings is 1. The number of carbonyl (C=O) groups excluding carboxylic acids is 1. The fourth-order valence-electron chi connectivity index (χ4n) is 3.97. The average molecular weight is 413 g/mol. The monoisotopic (exact) mass is 412 g/mol. The van der Waals surface area contributed by atoms with E-state index in [9.17, 15) is 14.7 Å². The molecule has 2 N–H and O–H groups in total. The number of rotatable bonds is 8. The van der Waals surface area contributed by atoms with Gasteiger partial charge >= 0.3 is 12.2 Å². The van der Waals surface area contributed by atoms with Gasteiger partial charge in [0.15, 0.2) is 0 Å². The van der Waals surface area contributed by atoms with Crippen molar-refractivity contribution < 1.29 is 24.2 Å². The van der Waals surface area contributed by atoms with Crippen LogP contribution in [0.5, 0.6) is 0 Å². The van der Waals surface area contributed by atoms with Gasteiger partial charge in [0.05, 0.1) is 19.3 Å². The molecular weight excluding hydrogens is 384 g/mol. The number of amides is 2. The lowest BCUT2D eigenvalue weighted by Crippen LogP contribution is -2.49. The second-order valence-corrected chi connectivity index (χ2v) is 7.42. The van der Waals surface area contributed by atoms with Crippen LogP contribution in [-0.4, -0.2) is 55.5 Å². The van der Waals surface area contributed by atoms with E-state index in [1.807, 2.05) is 24.3 Å². The van der Waals surface area contributed by atoms with Crippen molar-refractivity contribution >= 4 is 23.8 Å². The molecule has 2 amide bonds. The van der Waals surface area contributed by atoms with Crippen LogP contribution in [-0.2, 0) is 15.1 Å². The van der Waals surface area contributed by atoms with E-state index in [1.165, 1.54) is 12.0 Å². The van der Waals surface area contributed by atoms with E-state index in [0.29, 0.717) is 24.7 Å². The number of carbonyl (C=O) groups is 2. The fraction of sp³-hybridized carbons (Fsp3) is 0.600. The van der Waals surface area contributed by atoms with Crippen LogP contribution in [0.15, 0.2) is 24.3 Å². The number of hydrogen-bond acceptors (Lipinski definition) is 4. The molecule has 156 valence electrons. The molecule has 0 saturated carbocycles. The van der Waals surface area contributed by atoms with E-state index >= 15 is 0 Å². The molecule has 0 aromatic heterocycles. The van der Waals surface area contributed by atoms with Gasteiger partial charge in [-0.1, -0.05) is 37.1 Å². The molecule has 1 saturated heterocycles. The van der Waals surface area contributed by atoms with Crippen molar-refractivity contribution in [3.8, 4) is 0 Å². The molecule has 0 bridgehead atoms. The number of halogens is 1. The third kappa shape index (κ3) is 5.52. The minimum Gasteiger partial charge on any atom is -0.465 e. The maximum Gasteiger partial charge on any atom is 0.407 e. The molecule has 1 fully saturated rings. The average Bonchev–Trinajstić information content (AvgIpc) is 2.70. The number of methoxy groups -OCH3 is 1. The van der Waals surface area contributed by atoms with E-state index in [0.717, 1.165) is 31.2 Å². The largest absolute Gasteiger partial charge is 0.465 e. The summed E-state index contributed by atoms with van der Waals surface area (Å²) < 4.78 is 11.0. The first-order valence-electron chi connectivity index (χ1n) is 9.62. The van der Waals surface area contributed by atoms with Crippen molar-refractivity contribution in [1.29, 1.82) is 0 Å². The summed E-state index contributed by atoms with van der Waals surface area (Å²) in [5, 5.41) is 12.7. The van der Waals surface area contributed by atoms with Gasteiger partial charge in [0.2, 0.25) is 0 Å². The molecule has 0 aliphatic carbocycles. The van der Waals surface area contributed by atoms with E-state index < -0.39 is 17.8 Å². The van der Waals surface area contributed by atoms with Crippen molar-refractivity contribution in [3.63, 3.8) is 0 Å². The fourth-order valence-corrected chi connectivity index (χ4v) is 4.16. The number of nitrogens with zero attached hydrogens (tertiary/aromatic N) is 1. The Bertz CT molecular complexity index is 672. The quantitative estimate of drug-likeness (QED) is 0.627. The first-order valence-corrected chi connectivity index (χ1v) is 10.0. The molecule has 28 heavy (non-hydrogen) atoms. The Morgan fingerprint density at radius 3 is 2.86 bits per heavy atom. The summed E-state index contributed by atoms with van der Waals surface area (Å²) in [4.78, 5) is 24.3. The Morgan fingerprint density at radius 2 is 2.21 bits per heavy atom. The van der Waals surface area contributed by atoms with Gasteiger partial charge in [-0.3, -0.25) is 0 Å². The molecule has 1 aliphatic heterocycles. The molecule has 1 aromatic rings. The van der Waals surface area contributed by atoms with Gasteiger partial charge in [-0.25, -0.2) is 9.59 Å². The van der Waals surface area contributed by atoms with Crippen LogP contribution in [0.25, 0.3) is 0 Å². The van der Waals surface area contributed by atoms with Crippen LogP contribution < -0.4 is 5.32 Å². The van der Waals surface area contributed by atoms with E-state index in [4.69, 9.17) is 16.3 Å². The number of hydrogen-bond donors (Lipinski definition) is 2. The van der Waals surface area contributed by atoms with Crippen molar-refractivity contribution in [2.75, 3.05) is 33.4 Å². The minimum absolute atomic E-state index is 0.00565. The van der Waals surface area contributed by atoms with Crippen molar-refractivity contribution in [2.24, 2.45) is 5.92 Å². The van der Waals surface area contributed by atoms with Crippen molar-refractivity contribution in [2.45, 2.75) is 38.2 Å². The van der Waals surface area contributed by atoms with Gasteiger partial charge in [-0.15, -0.1) is 0 Å². The molecule has 1 unspecified atom stereocenters. The summed E-state index contributed by atoms with van der Waals surface area (Å²) in [5.41, 5.74) is 0.267. The molecule has 2 atom stereocenters. The SMILES string of the molecule is CCC[C@](OCCNC(=O)OC)(c1cccc(Cl)c1)C1CCCN(C(=O)O)C1. The van der Waals surface area contributed by atoms with Gasteiger partial charge in [-0.05, 0) is 37.0 Å². The Kier molecular flexibility index (Phi) is 8.38. The second-order valence-electron chi connectivity index (χ2n) is 6.98. The maximum absolute atomic E-state index is 11.5. The van der Waals surface area contributed by atoms with Crippen LogP contribution in [0.1, 0.15) is 38.2 Å². The van der Waals surface area contributed by atoms with Crippen LogP contribution in [0, 0.1) is 5.92 Å². The maximum atomic E-state index is 11.5. The molecule has 1 heterocycles. The van der Waals surface area contributed by atoms with Crippen LogP contribution in [0.3, 0.4) is 0 Å². The van der Waals surface area contributed by atoms with Crippen LogP contribution >= 0.6 is 11.6 Å². The van der Waals surface area contributed by atoms with Crippen LogP contribution in [0.2, 0.25) is 5.02 Å². The highest BCUT2D eigenvalue weighted by Gasteiger charge is 2.43. The molecule has 7 nitrogen and oxygen atoms in total. The zero-order chi connectivity index (χ0) is 20.6. The van der Waals surface area contributed by atoms with E-state index in [2.05, 4.69) is 17.0 Å². The molecular formula is C20H29ClN2O5. The highest BCUT2D eigenvalue weighted by molar-refractivity contribution is 6.30. The summed E-state index contributed by atoms with van der Waals surface area (Å²) >= 11 is 6.26. The summed E-state index contributed by atoms with van der Waals surface area (Å²) in [7, 11) is 1.31. The first kappa shape index (κ1) is 22.3. The summed E-state index contributed by atoms with van der Waals surface area (Å²) in [6, 6.07) is 7.57. The molecule has 1 aromatic carbocycles. The van der Waals surface area contributed by atoms with Gasteiger partial charge in [0, 0.05) is 30.6 Å². The lowest BCUT2D eigenvalue weighted by molar-refractivity contribution is -0.113. The topological polar surface area (TPSA) is 88.1 Å². The van der Waals surface area contributed by atoms with Crippen LogP contribution in [0.4, 0.5) is 9.59 Å². The summed E-state index contributed by atoms with van der Waals surface area (Å²) in [6.45, 7) is 3.60. The predicted molar refractivity (Wildman–Crippen MR) is 107 cm³/mol. The zero-order valence-electron chi connectivity index (χ0n) is 16.4. The second kappa shape index (κ2) is 10.5. The van der Waals surface area contributed by atoms with E-state index in [1.54, 1.807) is 0 Å². The molecule has 2 rings (SSSR count). The number of alkyl carbamates (subject to hydrolysis) is 1. The molecule has 0 spiro atoms. The third-order valence-corrected chi connectivity index (χ3v) is 5.44. The Labute approximate surface area is 170 Å². The number of likely N-dealkylation sites (tertiary alicyclic amines) is 1. The van der Waals surface area contributed by atoms with E-state index in [-0.39, 0.29) is 12.5 Å². The molecule has 0 radical (unpaired) electrons. The summed E-state index contributed by atoms with van der Waals surface area (Å²) in [6.07, 6.45) is 1.81. The number of piperidine rings is 1. The number of carboxylic acid groups (broad SMARTS) is 1. The Hall–Kier alpha value is -1.99. The highest BCUT2D eigenvalue weighted by Crippen LogP contribution is 2.43. The van der Waals surface area contributed by atoms with Gasteiger partial charge in [0.25, 0.3) is 0 Å². The minimum atomic E-state index is -0.909. The first-order chi connectivity index (χ1) is 13.4. The number of ether oxygens (including phenoxy) is 2. The normalized spacial score (nSPS) is 19.0. The highest BCUT2D eigenvalue weighted by atomic mass is 35.5. The number of nitrogens with one attached hydrogen (secondary N) is 1. The lowest BCUT2D eigenvalue weighted by Gasteiger charge is -2.45. The van der Waals surface area contributed by atoms with Gasteiger partial charge in [-0.2, -0.15) is 0 Å². The van der Waals surface area contributed by atoms with Crippen molar-refractivity contribution in [3.05, 3.63) is 34.9 Å². The van der Waals surface area contributed by atoms with Gasteiger partial charge < -0.3 is 24.8 Å². The summed E-state index contributed by atoms with van der Waals surface area (Å²) in [5.74, 6) is -0.00565. The van der Waals surface area contributed by atoms with Crippen molar-refractivity contribution in [1.82, 2.24) is 10.2 Å². The Morgan fingerprint density at radius 1 is 1.43 bits per heavy atom. The molecule has 1 aliphatic rings. The predicted octanol–water partition coefficient (Wildman–Crippen LogP) is 4.10. The Balaban J connectivity index is 2.31. The lowest BCUT2D eigenvalue weighted by atomic mass is 9.74. The third-order valence-electron chi connectivity index (χ3n) is 5.20. The smallest absolute Gasteiger partial charge is 0.407 e. The van der Waals surface area contributed by atoms with Gasteiger partial charge in [0.1, 0.15) is 0 Å². The molecule has 8 heteroatoms.